The topological polar surface area (TPSA) is 64.4 Å². The minimum Gasteiger partial charge on any atom is -0.434 e. The standard InChI is InChI=1S/C19H26F2N2O2/c1-10-6-14(7-11(2)17(10)25-19(20)21)18(24)23-16-12-4-3-5-13(16)9-15(22)8-12/h6-7,12-13,15-16,19H,3-5,8-9,22H2,1-2H3,(H,23,24). The van der Waals surface area contributed by atoms with Crippen LogP contribution in [0, 0.1) is 25.7 Å². The van der Waals surface area contributed by atoms with E-state index in [1.165, 1.54) is 6.42 Å². The number of aryl methyl sites for hydroxylation is 2. The Morgan fingerprint density at radius 3 is 2.28 bits per heavy atom. The van der Waals surface area contributed by atoms with E-state index in [9.17, 15) is 13.6 Å². The molecule has 3 rings (SSSR count). The largest absolute Gasteiger partial charge is 0.434 e. The Morgan fingerprint density at radius 2 is 1.76 bits per heavy atom. The molecule has 0 aromatic heterocycles. The minimum absolute atomic E-state index is 0.145. The number of amides is 1. The van der Waals surface area contributed by atoms with E-state index in [2.05, 4.69) is 10.1 Å². The van der Waals surface area contributed by atoms with Crippen molar-refractivity contribution in [3.8, 4) is 5.75 Å². The molecule has 2 fully saturated rings. The Labute approximate surface area is 147 Å². The molecular formula is C19H26F2N2O2. The summed E-state index contributed by atoms with van der Waals surface area (Å²) in [6.07, 6.45) is 5.33. The molecule has 25 heavy (non-hydrogen) atoms. The SMILES string of the molecule is Cc1cc(C(=O)NC2C3CCCC2CC(N)C3)cc(C)c1OC(F)F. The number of rotatable bonds is 4. The molecule has 1 amide bonds. The molecule has 138 valence electrons. The van der Waals surface area contributed by atoms with Crippen LogP contribution in [0.25, 0.3) is 0 Å². The van der Waals surface area contributed by atoms with Crippen molar-refractivity contribution in [2.75, 3.05) is 0 Å². The van der Waals surface area contributed by atoms with Gasteiger partial charge in [0, 0.05) is 17.6 Å². The molecule has 2 unspecified atom stereocenters. The van der Waals surface area contributed by atoms with Gasteiger partial charge in [-0.1, -0.05) is 6.42 Å². The third kappa shape index (κ3) is 3.94. The lowest BCUT2D eigenvalue weighted by atomic mass is 9.67. The molecule has 3 N–H and O–H groups in total. The predicted octanol–water partition coefficient (Wildman–Crippen LogP) is 3.54. The highest BCUT2D eigenvalue weighted by molar-refractivity contribution is 5.95. The molecule has 0 radical (unpaired) electrons. The van der Waals surface area contributed by atoms with Crippen LogP contribution in [0.3, 0.4) is 0 Å². The van der Waals surface area contributed by atoms with Crippen LogP contribution in [0.15, 0.2) is 12.1 Å². The van der Waals surface area contributed by atoms with E-state index in [-0.39, 0.29) is 23.7 Å². The highest BCUT2D eigenvalue weighted by atomic mass is 19.3. The zero-order valence-corrected chi connectivity index (χ0v) is 14.7. The first-order chi connectivity index (χ1) is 11.8. The van der Waals surface area contributed by atoms with E-state index in [1.54, 1.807) is 26.0 Å². The summed E-state index contributed by atoms with van der Waals surface area (Å²) in [5.41, 5.74) is 7.70. The summed E-state index contributed by atoms with van der Waals surface area (Å²) in [5, 5.41) is 3.19. The van der Waals surface area contributed by atoms with Gasteiger partial charge in [0.1, 0.15) is 5.75 Å². The third-order valence-corrected chi connectivity index (χ3v) is 5.60. The average Bonchev–Trinajstić information content (AvgIpc) is 2.51. The van der Waals surface area contributed by atoms with Gasteiger partial charge in [0.05, 0.1) is 0 Å². The normalized spacial score (nSPS) is 28.7. The van der Waals surface area contributed by atoms with Gasteiger partial charge in [0.15, 0.2) is 0 Å². The van der Waals surface area contributed by atoms with Crippen molar-refractivity contribution >= 4 is 5.91 Å². The monoisotopic (exact) mass is 352 g/mol. The molecule has 2 saturated carbocycles. The number of carbonyl (C=O) groups excluding carboxylic acids is 1. The van der Waals surface area contributed by atoms with Crippen LogP contribution < -0.4 is 15.8 Å². The quantitative estimate of drug-likeness (QED) is 0.871. The Morgan fingerprint density at radius 1 is 1.20 bits per heavy atom. The minimum atomic E-state index is -2.87. The fourth-order valence-electron chi connectivity index (χ4n) is 4.62. The number of fused-ring (bicyclic) bond motifs is 2. The van der Waals surface area contributed by atoms with E-state index >= 15 is 0 Å². The molecule has 2 bridgehead atoms. The number of halogens is 2. The van der Waals surface area contributed by atoms with Crippen LogP contribution >= 0.6 is 0 Å². The second kappa shape index (κ2) is 7.28. The molecule has 0 spiro atoms. The number of ether oxygens (including phenoxy) is 1. The molecule has 2 aliphatic rings. The van der Waals surface area contributed by atoms with Gasteiger partial charge in [-0.15, -0.1) is 0 Å². The molecule has 2 atom stereocenters. The Hall–Kier alpha value is -1.69. The highest BCUT2D eigenvalue weighted by Gasteiger charge is 2.40. The molecule has 0 heterocycles. The van der Waals surface area contributed by atoms with Gasteiger partial charge in [-0.25, -0.2) is 0 Å². The van der Waals surface area contributed by atoms with Gasteiger partial charge in [-0.3, -0.25) is 4.79 Å². The first kappa shape index (κ1) is 18.1. The van der Waals surface area contributed by atoms with Gasteiger partial charge >= 0.3 is 6.61 Å². The van der Waals surface area contributed by atoms with Gasteiger partial charge in [-0.05, 0) is 74.6 Å². The van der Waals surface area contributed by atoms with Crippen LogP contribution in [0.1, 0.15) is 53.6 Å². The number of carbonyl (C=O) groups is 1. The fourth-order valence-corrected chi connectivity index (χ4v) is 4.62. The van der Waals surface area contributed by atoms with E-state index in [1.807, 2.05) is 0 Å². The highest BCUT2D eigenvalue weighted by Crippen LogP contribution is 2.39. The number of hydrogen-bond donors (Lipinski definition) is 2. The lowest BCUT2D eigenvalue weighted by molar-refractivity contribution is -0.0507. The van der Waals surface area contributed by atoms with Crippen LogP contribution in [0.5, 0.6) is 5.75 Å². The van der Waals surface area contributed by atoms with E-state index in [4.69, 9.17) is 5.73 Å². The average molecular weight is 352 g/mol. The van der Waals surface area contributed by atoms with Crippen molar-refractivity contribution in [3.63, 3.8) is 0 Å². The van der Waals surface area contributed by atoms with Crippen LogP contribution in [0.4, 0.5) is 8.78 Å². The summed E-state index contributed by atoms with van der Waals surface area (Å²) in [5.74, 6) is 0.879. The van der Waals surface area contributed by atoms with E-state index in [0.29, 0.717) is 28.5 Å². The van der Waals surface area contributed by atoms with Crippen molar-refractivity contribution in [1.82, 2.24) is 5.32 Å². The van der Waals surface area contributed by atoms with Crippen molar-refractivity contribution in [2.24, 2.45) is 17.6 Å². The van der Waals surface area contributed by atoms with E-state index < -0.39 is 6.61 Å². The number of benzene rings is 1. The molecule has 1 aromatic rings. The lowest BCUT2D eigenvalue weighted by Crippen LogP contribution is -2.53. The lowest BCUT2D eigenvalue weighted by Gasteiger charge is -2.45. The molecule has 0 saturated heterocycles. The Kier molecular flexibility index (Phi) is 5.27. The van der Waals surface area contributed by atoms with Gasteiger partial charge < -0.3 is 15.8 Å². The number of hydrogen-bond acceptors (Lipinski definition) is 3. The second-order valence-electron chi connectivity index (χ2n) is 7.50. The first-order valence-corrected chi connectivity index (χ1v) is 8.97. The van der Waals surface area contributed by atoms with Crippen LogP contribution in [0.2, 0.25) is 0 Å². The Balaban J connectivity index is 1.75. The summed E-state index contributed by atoms with van der Waals surface area (Å²) >= 11 is 0. The van der Waals surface area contributed by atoms with E-state index in [0.717, 1.165) is 25.7 Å². The molecule has 1 aromatic carbocycles. The molecular weight excluding hydrogens is 326 g/mol. The smallest absolute Gasteiger partial charge is 0.387 e. The Bertz CT molecular complexity index is 613. The molecule has 0 aliphatic heterocycles. The van der Waals surface area contributed by atoms with Gasteiger partial charge in [-0.2, -0.15) is 8.78 Å². The summed E-state index contributed by atoms with van der Waals surface area (Å²) in [7, 11) is 0. The maximum Gasteiger partial charge on any atom is 0.387 e. The molecule has 4 nitrogen and oxygen atoms in total. The molecule has 2 aliphatic carbocycles. The van der Waals surface area contributed by atoms with Crippen molar-refractivity contribution < 1.29 is 18.3 Å². The summed E-state index contributed by atoms with van der Waals surface area (Å²) < 4.78 is 29.6. The summed E-state index contributed by atoms with van der Waals surface area (Å²) in [6, 6.07) is 3.63. The van der Waals surface area contributed by atoms with Crippen LogP contribution in [-0.4, -0.2) is 24.6 Å². The molecule has 6 heteroatoms. The second-order valence-corrected chi connectivity index (χ2v) is 7.50. The number of nitrogens with two attached hydrogens (primary N) is 1. The predicted molar refractivity (Wildman–Crippen MR) is 91.8 cm³/mol. The third-order valence-electron chi connectivity index (χ3n) is 5.60. The maximum atomic E-state index is 12.7. The zero-order valence-electron chi connectivity index (χ0n) is 14.7. The summed E-state index contributed by atoms with van der Waals surface area (Å²) in [6.45, 7) is 0.481. The van der Waals surface area contributed by atoms with Crippen LogP contribution in [-0.2, 0) is 0 Å². The van der Waals surface area contributed by atoms with Crippen molar-refractivity contribution in [3.05, 3.63) is 28.8 Å². The first-order valence-electron chi connectivity index (χ1n) is 8.97. The van der Waals surface area contributed by atoms with Crippen molar-refractivity contribution in [2.45, 2.75) is 64.6 Å². The number of nitrogens with one attached hydrogen (secondary N) is 1. The number of alkyl halides is 2. The summed E-state index contributed by atoms with van der Waals surface area (Å²) in [4.78, 5) is 12.7. The maximum absolute atomic E-state index is 12.7. The van der Waals surface area contributed by atoms with Crippen molar-refractivity contribution in [1.29, 1.82) is 0 Å². The van der Waals surface area contributed by atoms with Gasteiger partial charge in [0.25, 0.3) is 5.91 Å². The van der Waals surface area contributed by atoms with Gasteiger partial charge in [0.2, 0.25) is 0 Å². The fraction of sp³-hybridized carbons (Fsp3) is 0.632. The zero-order chi connectivity index (χ0) is 18.1.